The van der Waals surface area contributed by atoms with Crippen LogP contribution in [0.25, 0.3) is 39.0 Å². The zero-order chi connectivity index (χ0) is 24.0. The number of methoxy groups -OCH3 is 1. The van der Waals surface area contributed by atoms with Gasteiger partial charge in [0.05, 0.1) is 18.2 Å². The van der Waals surface area contributed by atoms with Crippen LogP contribution in [0.2, 0.25) is 5.15 Å². The molecule has 0 aliphatic rings. The number of H-pyrrole nitrogens is 1. The fourth-order valence-corrected chi connectivity index (χ4v) is 4.39. The van der Waals surface area contributed by atoms with Crippen LogP contribution in [-0.2, 0) is 0 Å². The van der Waals surface area contributed by atoms with E-state index in [9.17, 15) is 19.4 Å². The Hall–Kier alpha value is -4.23. The lowest BCUT2D eigenvalue weighted by atomic mass is 10.0. The number of nitrogens with one attached hydrogen (secondary N) is 1. The first-order chi connectivity index (χ1) is 16.4. The number of phenolic OH excluding ortho intramolecular Hbond substituents is 1. The van der Waals surface area contributed by atoms with Crippen LogP contribution in [0.15, 0.2) is 77.6 Å². The Balaban J connectivity index is 1.68. The first-order valence-electron chi connectivity index (χ1n) is 10.3. The second-order valence-corrected chi connectivity index (χ2v) is 8.01. The Kier molecular flexibility index (Phi) is 5.26. The van der Waals surface area contributed by atoms with Crippen molar-refractivity contribution in [1.82, 2.24) is 9.55 Å². The number of fused-ring (bicyclic) bond motifs is 1. The maximum absolute atomic E-state index is 14.4. The summed E-state index contributed by atoms with van der Waals surface area (Å²) in [4.78, 5) is 15.4. The molecule has 0 bridgehead atoms. The molecule has 5 rings (SSSR count). The van der Waals surface area contributed by atoms with Crippen LogP contribution in [0, 0.1) is 5.82 Å². The van der Waals surface area contributed by atoms with E-state index in [0.29, 0.717) is 22.5 Å². The molecule has 0 aliphatic carbocycles. The van der Waals surface area contributed by atoms with Gasteiger partial charge in [-0.15, -0.1) is 0 Å². The highest BCUT2D eigenvalue weighted by atomic mass is 35.5. The molecule has 0 amide bonds. The van der Waals surface area contributed by atoms with Crippen molar-refractivity contribution < 1.29 is 19.3 Å². The molecule has 0 atom stereocenters. The second-order valence-electron chi connectivity index (χ2n) is 7.63. The lowest BCUT2D eigenvalue weighted by Gasteiger charge is -2.13. The number of para-hydroxylation sites is 1. The Bertz CT molecular complexity index is 1610. The Morgan fingerprint density at radius 2 is 1.65 bits per heavy atom. The maximum atomic E-state index is 14.4. The molecule has 0 aliphatic heterocycles. The molecule has 0 saturated heterocycles. The summed E-state index contributed by atoms with van der Waals surface area (Å²) >= 11 is 6.48. The summed E-state index contributed by atoms with van der Waals surface area (Å²) in [6.45, 7) is 0. The van der Waals surface area contributed by atoms with E-state index in [2.05, 4.69) is 4.98 Å². The molecule has 170 valence electrons. The number of hydrogen-bond donors (Lipinski definition) is 3. The first-order valence-corrected chi connectivity index (χ1v) is 10.7. The van der Waals surface area contributed by atoms with Crippen molar-refractivity contribution in [2.45, 2.75) is 0 Å². The number of ether oxygens (including phenoxy) is 1. The number of rotatable bonds is 4. The molecule has 6 nitrogen and oxygen atoms in total. The van der Waals surface area contributed by atoms with Crippen molar-refractivity contribution in [2.24, 2.45) is 0 Å². The fraction of sp³-hybridized carbons (Fsp3) is 0.0385. The summed E-state index contributed by atoms with van der Waals surface area (Å²) in [5.41, 5.74) is 1.62. The number of aromatic nitrogens is 2. The number of hydrogen-bond acceptors (Lipinski definition) is 4. The van der Waals surface area contributed by atoms with Gasteiger partial charge in [-0.2, -0.15) is 0 Å². The van der Waals surface area contributed by atoms with E-state index in [4.69, 9.17) is 16.3 Å². The summed E-state index contributed by atoms with van der Waals surface area (Å²) in [7, 11) is 1.48. The van der Waals surface area contributed by atoms with Gasteiger partial charge in [0.15, 0.2) is 17.2 Å². The highest BCUT2D eigenvalue weighted by Crippen LogP contribution is 2.39. The van der Waals surface area contributed by atoms with Gasteiger partial charge in [0.2, 0.25) is 0 Å². The summed E-state index contributed by atoms with van der Waals surface area (Å²) < 4.78 is 21.2. The van der Waals surface area contributed by atoms with Crippen molar-refractivity contribution in [1.29, 1.82) is 0 Å². The van der Waals surface area contributed by atoms with Crippen LogP contribution in [0.1, 0.15) is 0 Å². The van der Waals surface area contributed by atoms with E-state index >= 15 is 0 Å². The zero-order valence-electron chi connectivity index (χ0n) is 17.8. The van der Waals surface area contributed by atoms with E-state index in [-0.39, 0.29) is 33.3 Å². The molecule has 2 aromatic heterocycles. The molecular formula is C26H18ClFN2O4. The highest BCUT2D eigenvalue weighted by molar-refractivity contribution is 6.31. The van der Waals surface area contributed by atoms with E-state index in [0.717, 1.165) is 5.56 Å². The van der Waals surface area contributed by atoms with E-state index in [1.54, 1.807) is 53.1 Å². The average Bonchev–Trinajstić information content (AvgIpc) is 3.16. The van der Waals surface area contributed by atoms with Crippen LogP contribution in [-0.4, -0.2) is 26.9 Å². The van der Waals surface area contributed by atoms with E-state index in [1.165, 1.54) is 31.4 Å². The number of nitrogens with zero attached hydrogens (tertiary/aromatic N) is 1. The van der Waals surface area contributed by atoms with Crippen molar-refractivity contribution >= 4 is 22.6 Å². The van der Waals surface area contributed by atoms with Gasteiger partial charge in [0.25, 0.3) is 5.56 Å². The van der Waals surface area contributed by atoms with Gasteiger partial charge in [-0.05, 0) is 35.9 Å². The molecular weight excluding hydrogens is 459 g/mol. The summed E-state index contributed by atoms with van der Waals surface area (Å²) in [5.74, 6) is -0.637. The maximum Gasteiger partial charge on any atom is 0.260 e. The van der Waals surface area contributed by atoms with Crippen LogP contribution >= 0.6 is 11.6 Å². The Morgan fingerprint density at radius 1 is 0.941 bits per heavy atom. The molecule has 0 fully saturated rings. The predicted octanol–water partition coefficient (Wildman–Crippen LogP) is 5.87. The second kappa shape index (κ2) is 8.28. The minimum Gasteiger partial charge on any atom is -0.505 e. The number of pyridine rings is 1. The molecule has 34 heavy (non-hydrogen) atoms. The van der Waals surface area contributed by atoms with Gasteiger partial charge in [0, 0.05) is 16.8 Å². The molecule has 0 radical (unpaired) electrons. The van der Waals surface area contributed by atoms with Gasteiger partial charge >= 0.3 is 0 Å². The number of aromatic hydroxyl groups is 2. The molecule has 3 N–H and O–H groups in total. The van der Waals surface area contributed by atoms with Gasteiger partial charge in [-0.3, -0.25) is 9.36 Å². The van der Waals surface area contributed by atoms with Crippen LogP contribution in [0.3, 0.4) is 0 Å². The lowest BCUT2D eigenvalue weighted by molar-refractivity contribution is 0.374. The van der Waals surface area contributed by atoms with Gasteiger partial charge in [-0.25, -0.2) is 4.39 Å². The van der Waals surface area contributed by atoms with Crippen LogP contribution < -0.4 is 10.3 Å². The molecule has 0 unspecified atom stereocenters. The average molecular weight is 477 g/mol. The van der Waals surface area contributed by atoms with Crippen molar-refractivity contribution in [3.05, 3.63) is 94.1 Å². The monoisotopic (exact) mass is 476 g/mol. The van der Waals surface area contributed by atoms with Gasteiger partial charge in [-0.1, -0.05) is 54.1 Å². The van der Waals surface area contributed by atoms with Gasteiger partial charge < -0.3 is 19.9 Å². The van der Waals surface area contributed by atoms with Crippen molar-refractivity contribution in [2.75, 3.05) is 7.11 Å². The number of aromatic amines is 1. The van der Waals surface area contributed by atoms with Crippen LogP contribution in [0.4, 0.5) is 4.39 Å². The number of benzene rings is 3. The SMILES string of the molecule is COc1cccc(-c2ccc(-n3c(Cl)cc4[nH]c(=O)c(-c5ccccc5F)c(O)c43)cc2)c1O. The van der Waals surface area contributed by atoms with E-state index in [1.807, 2.05) is 0 Å². The Labute approximate surface area is 198 Å². The topological polar surface area (TPSA) is 87.5 Å². The molecule has 8 heteroatoms. The third-order valence-corrected chi connectivity index (χ3v) is 5.97. The summed E-state index contributed by atoms with van der Waals surface area (Å²) in [6, 6.07) is 19.5. The minimum absolute atomic E-state index is 0.0177. The predicted molar refractivity (Wildman–Crippen MR) is 130 cm³/mol. The smallest absolute Gasteiger partial charge is 0.260 e. The Morgan fingerprint density at radius 3 is 2.35 bits per heavy atom. The standard InChI is InChI=1S/C26H18ClFN2O4/c1-34-20-8-4-6-16(24(20)31)14-9-11-15(12-10-14)30-21(27)13-19-23(30)25(32)22(26(33)29-19)17-5-2-3-7-18(17)28/h2-13,31H,1H3,(H2,29,32,33). The van der Waals surface area contributed by atoms with Crippen LogP contribution in [0.5, 0.6) is 17.2 Å². The minimum atomic E-state index is -0.632. The molecule has 5 aromatic rings. The lowest BCUT2D eigenvalue weighted by Crippen LogP contribution is -2.10. The van der Waals surface area contributed by atoms with Gasteiger partial charge in [0.1, 0.15) is 16.5 Å². The quantitative estimate of drug-likeness (QED) is 0.303. The van der Waals surface area contributed by atoms with E-state index < -0.39 is 11.4 Å². The fourth-order valence-electron chi connectivity index (χ4n) is 4.10. The first kappa shape index (κ1) is 21.6. The molecule has 0 saturated carbocycles. The molecule has 3 aromatic carbocycles. The van der Waals surface area contributed by atoms with Crippen molar-refractivity contribution in [3.63, 3.8) is 0 Å². The summed E-state index contributed by atoms with van der Waals surface area (Å²) in [5, 5.41) is 21.8. The van der Waals surface area contributed by atoms with Crippen molar-refractivity contribution in [3.8, 4) is 45.2 Å². The zero-order valence-corrected chi connectivity index (χ0v) is 18.6. The normalized spacial score (nSPS) is 11.1. The third kappa shape index (κ3) is 3.38. The number of halogens is 2. The third-order valence-electron chi connectivity index (χ3n) is 5.69. The largest absolute Gasteiger partial charge is 0.505 e. The number of phenols is 1. The molecule has 2 heterocycles. The molecule has 0 spiro atoms. The highest BCUT2D eigenvalue weighted by Gasteiger charge is 2.22. The summed E-state index contributed by atoms with van der Waals surface area (Å²) in [6.07, 6.45) is 0.